The molecule has 0 N–H and O–H groups in total. The summed E-state index contributed by atoms with van der Waals surface area (Å²) in [6.07, 6.45) is 0. The van der Waals surface area contributed by atoms with Crippen molar-refractivity contribution in [2.75, 3.05) is 0 Å². The molecule has 72 valence electrons. The minimum Gasteiger partial charge on any atom is -0.422 e. The Morgan fingerprint density at radius 1 is 1.21 bits per heavy atom. The Labute approximate surface area is 90.1 Å². The van der Waals surface area contributed by atoms with Crippen LogP contribution in [-0.4, -0.2) is 0 Å². The number of fused-ring (bicyclic) bond motifs is 1. The van der Waals surface area contributed by atoms with Gasteiger partial charge in [-0.2, -0.15) is 0 Å². The topological polar surface area (TPSA) is 30.2 Å². The van der Waals surface area contributed by atoms with Crippen LogP contribution in [0.15, 0.2) is 27.4 Å². The zero-order chi connectivity index (χ0) is 10.3. The lowest BCUT2D eigenvalue weighted by Gasteiger charge is -2.01. The molecule has 0 fully saturated rings. The van der Waals surface area contributed by atoms with E-state index in [0.717, 1.165) is 5.56 Å². The van der Waals surface area contributed by atoms with Gasteiger partial charge >= 0.3 is 5.63 Å². The Hall–Kier alpha value is -0.990. The zero-order valence-electron chi connectivity index (χ0n) is 7.30. The van der Waals surface area contributed by atoms with Crippen molar-refractivity contribution in [2.24, 2.45) is 0 Å². The maximum Gasteiger partial charge on any atom is 0.356 e. The maximum atomic E-state index is 11.2. The Kier molecular flexibility index (Phi) is 2.25. The van der Waals surface area contributed by atoms with E-state index in [9.17, 15) is 4.79 Å². The summed E-state index contributed by atoms with van der Waals surface area (Å²) in [6, 6.07) is 5.41. The largest absolute Gasteiger partial charge is 0.422 e. The lowest BCUT2D eigenvalue weighted by Crippen LogP contribution is -1.99. The fourth-order valence-electron chi connectivity index (χ4n) is 1.25. The molecule has 0 radical (unpaired) electrons. The summed E-state index contributed by atoms with van der Waals surface area (Å²) in [5, 5.41) is 0.836. The van der Waals surface area contributed by atoms with Crippen LogP contribution in [0.2, 0.25) is 10.0 Å². The second kappa shape index (κ2) is 3.30. The van der Waals surface area contributed by atoms with E-state index in [2.05, 4.69) is 0 Å². The van der Waals surface area contributed by atoms with E-state index in [1.807, 2.05) is 13.0 Å². The molecule has 0 aliphatic heterocycles. The van der Waals surface area contributed by atoms with E-state index in [1.54, 1.807) is 12.1 Å². The van der Waals surface area contributed by atoms with Crippen molar-refractivity contribution < 1.29 is 4.42 Å². The first-order valence-corrected chi connectivity index (χ1v) is 4.73. The van der Waals surface area contributed by atoms with Crippen molar-refractivity contribution in [3.8, 4) is 0 Å². The molecule has 1 heterocycles. The molecule has 1 aromatic heterocycles. The van der Waals surface area contributed by atoms with Gasteiger partial charge in [0.2, 0.25) is 0 Å². The van der Waals surface area contributed by atoms with Gasteiger partial charge in [0.1, 0.15) is 10.6 Å². The van der Waals surface area contributed by atoms with Crippen LogP contribution in [0.5, 0.6) is 0 Å². The molecule has 0 aliphatic rings. The van der Waals surface area contributed by atoms with Gasteiger partial charge in [0, 0.05) is 5.39 Å². The highest BCUT2D eigenvalue weighted by Crippen LogP contribution is 2.28. The second-order valence-electron chi connectivity index (χ2n) is 3.02. The predicted octanol–water partition coefficient (Wildman–Crippen LogP) is 3.41. The molecular weight excluding hydrogens is 223 g/mol. The molecule has 0 saturated carbocycles. The molecule has 0 unspecified atom stereocenters. The number of hydrogen-bond donors (Lipinski definition) is 0. The van der Waals surface area contributed by atoms with Gasteiger partial charge in [-0.15, -0.1) is 0 Å². The Morgan fingerprint density at radius 2 is 1.93 bits per heavy atom. The van der Waals surface area contributed by atoms with Crippen molar-refractivity contribution in [3.05, 3.63) is 44.2 Å². The highest BCUT2D eigenvalue weighted by Gasteiger charge is 2.10. The van der Waals surface area contributed by atoms with Crippen LogP contribution in [0.4, 0.5) is 0 Å². The highest BCUT2D eigenvalue weighted by atomic mass is 35.5. The van der Waals surface area contributed by atoms with E-state index < -0.39 is 5.63 Å². The van der Waals surface area contributed by atoms with E-state index >= 15 is 0 Å². The van der Waals surface area contributed by atoms with E-state index in [0.29, 0.717) is 11.0 Å². The SMILES string of the molecule is Cc1ccc2c(Cl)c(Cl)c(=O)oc2c1. The van der Waals surface area contributed by atoms with Gasteiger partial charge in [-0.05, 0) is 24.6 Å². The molecule has 0 aliphatic carbocycles. The first-order chi connectivity index (χ1) is 6.59. The molecule has 2 nitrogen and oxygen atoms in total. The van der Waals surface area contributed by atoms with Crippen molar-refractivity contribution in [1.82, 2.24) is 0 Å². The molecular formula is C10H6Cl2O2. The van der Waals surface area contributed by atoms with E-state index in [1.165, 1.54) is 0 Å². The van der Waals surface area contributed by atoms with Crippen molar-refractivity contribution >= 4 is 34.2 Å². The number of halogens is 2. The van der Waals surface area contributed by atoms with Crippen molar-refractivity contribution in [2.45, 2.75) is 6.92 Å². The number of rotatable bonds is 0. The quantitative estimate of drug-likeness (QED) is 0.648. The Bertz CT molecular complexity index is 558. The van der Waals surface area contributed by atoms with Crippen LogP contribution in [0, 0.1) is 6.92 Å². The average Bonchev–Trinajstić information content (AvgIpc) is 2.14. The molecule has 1 aromatic carbocycles. The normalized spacial score (nSPS) is 10.8. The summed E-state index contributed by atoms with van der Waals surface area (Å²) in [5.41, 5.74) is 0.859. The monoisotopic (exact) mass is 228 g/mol. The van der Waals surface area contributed by atoms with Gasteiger partial charge in [-0.25, -0.2) is 4.79 Å². The second-order valence-corrected chi connectivity index (χ2v) is 3.77. The molecule has 2 rings (SSSR count). The van der Waals surface area contributed by atoms with Crippen LogP contribution in [0.25, 0.3) is 11.0 Å². The summed E-state index contributed by atoms with van der Waals surface area (Å²) in [6.45, 7) is 1.90. The molecule has 0 bridgehead atoms. The van der Waals surface area contributed by atoms with Gasteiger partial charge in [-0.3, -0.25) is 0 Å². The maximum absolute atomic E-state index is 11.2. The molecule has 0 amide bonds. The van der Waals surface area contributed by atoms with Gasteiger partial charge in [-0.1, -0.05) is 29.3 Å². The van der Waals surface area contributed by atoms with E-state index in [4.69, 9.17) is 27.6 Å². The van der Waals surface area contributed by atoms with Gasteiger partial charge in [0.05, 0.1) is 5.02 Å². The number of hydrogen-bond acceptors (Lipinski definition) is 2. The third-order valence-corrected chi connectivity index (χ3v) is 2.78. The van der Waals surface area contributed by atoms with Crippen molar-refractivity contribution in [1.29, 1.82) is 0 Å². The van der Waals surface area contributed by atoms with Crippen LogP contribution in [0.1, 0.15) is 5.56 Å². The molecule has 0 spiro atoms. The summed E-state index contributed by atoms with van der Waals surface area (Å²) in [5.74, 6) is 0. The fraction of sp³-hybridized carbons (Fsp3) is 0.100. The van der Waals surface area contributed by atoms with Crippen LogP contribution in [0.3, 0.4) is 0 Å². The smallest absolute Gasteiger partial charge is 0.356 e. The number of aryl methyl sites for hydroxylation is 1. The third-order valence-electron chi connectivity index (χ3n) is 1.95. The van der Waals surface area contributed by atoms with Crippen LogP contribution in [-0.2, 0) is 0 Å². The lowest BCUT2D eigenvalue weighted by atomic mass is 10.2. The summed E-state index contributed by atoms with van der Waals surface area (Å²) in [4.78, 5) is 11.2. The lowest BCUT2D eigenvalue weighted by molar-refractivity contribution is 0.561. The highest BCUT2D eigenvalue weighted by molar-refractivity contribution is 6.44. The van der Waals surface area contributed by atoms with Crippen molar-refractivity contribution in [3.63, 3.8) is 0 Å². The fourth-order valence-corrected chi connectivity index (χ4v) is 1.62. The predicted molar refractivity (Wildman–Crippen MR) is 57.2 cm³/mol. The molecule has 0 atom stereocenters. The van der Waals surface area contributed by atoms with Gasteiger partial charge in [0.25, 0.3) is 0 Å². The summed E-state index contributed by atoms with van der Waals surface area (Å²) < 4.78 is 4.98. The summed E-state index contributed by atoms with van der Waals surface area (Å²) >= 11 is 11.5. The Balaban J connectivity index is 2.98. The van der Waals surface area contributed by atoms with Gasteiger partial charge < -0.3 is 4.42 Å². The summed E-state index contributed by atoms with van der Waals surface area (Å²) in [7, 11) is 0. The molecule has 4 heteroatoms. The number of benzene rings is 1. The molecule has 14 heavy (non-hydrogen) atoms. The van der Waals surface area contributed by atoms with Gasteiger partial charge in [0.15, 0.2) is 0 Å². The minimum atomic E-state index is -0.602. The third kappa shape index (κ3) is 1.41. The van der Waals surface area contributed by atoms with Crippen LogP contribution >= 0.6 is 23.2 Å². The standard InChI is InChI=1S/C10H6Cl2O2/c1-5-2-3-6-7(4-5)14-10(13)9(12)8(6)11/h2-4H,1H3. The first kappa shape index (κ1) is 9.56. The van der Waals surface area contributed by atoms with E-state index in [-0.39, 0.29) is 10.0 Å². The Morgan fingerprint density at radius 3 is 2.64 bits per heavy atom. The molecule has 2 aromatic rings. The average molecular weight is 229 g/mol. The minimum absolute atomic E-state index is 0.0666. The first-order valence-electron chi connectivity index (χ1n) is 3.98. The molecule has 0 saturated heterocycles. The van der Waals surface area contributed by atoms with Crippen LogP contribution < -0.4 is 5.63 Å². The zero-order valence-corrected chi connectivity index (χ0v) is 8.82.